The van der Waals surface area contributed by atoms with Crippen LogP contribution >= 0.6 is 0 Å². The molecule has 0 aliphatic heterocycles. The maximum absolute atomic E-state index is 8.34. The fourth-order valence-electron chi connectivity index (χ4n) is 0.952. The van der Waals surface area contributed by atoms with Gasteiger partial charge < -0.3 is 10.1 Å². The molecule has 5 heteroatoms. The van der Waals surface area contributed by atoms with E-state index in [-0.39, 0.29) is 6.04 Å². The van der Waals surface area contributed by atoms with Crippen molar-refractivity contribution in [3.8, 4) is 11.9 Å². The van der Waals surface area contributed by atoms with Crippen LogP contribution in [-0.2, 0) is 0 Å². The van der Waals surface area contributed by atoms with E-state index in [1.165, 1.54) is 0 Å². The second-order valence-corrected chi connectivity index (χ2v) is 3.27. The Morgan fingerprint density at radius 3 is 3.07 bits per heavy atom. The molecule has 0 saturated carbocycles. The van der Waals surface area contributed by atoms with Crippen molar-refractivity contribution in [1.82, 2.24) is 9.97 Å². The highest BCUT2D eigenvalue weighted by Gasteiger charge is 2.00. The Morgan fingerprint density at radius 1 is 1.60 bits per heavy atom. The first-order valence-corrected chi connectivity index (χ1v) is 4.81. The Morgan fingerprint density at radius 2 is 2.40 bits per heavy atom. The zero-order valence-corrected chi connectivity index (χ0v) is 8.90. The molecule has 0 fully saturated rings. The molecule has 1 rings (SSSR count). The van der Waals surface area contributed by atoms with Gasteiger partial charge in [0.15, 0.2) is 0 Å². The fraction of sp³-hybridized carbons (Fsp3) is 0.500. The number of nitriles is 1. The van der Waals surface area contributed by atoms with Crippen molar-refractivity contribution >= 4 is 5.95 Å². The Bertz CT molecular complexity index is 346. The maximum atomic E-state index is 8.34. The molecule has 0 spiro atoms. The lowest BCUT2D eigenvalue weighted by molar-refractivity contribution is 0.313. The molecule has 0 aromatic carbocycles. The quantitative estimate of drug-likeness (QED) is 0.741. The fourth-order valence-corrected chi connectivity index (χ4v) is 0.952. The smallest absolute Gasteiger partial charge is 0.226 e. The highest BCUT2D eigenvalue weighted by molar-refractivity contribution is 5.28. The highest BCUT2D eigenvalue weighted by atomic mass is 16.5. The van der Waals surface area contributed by atoms with Crippen molar-refractivity contribution in [2.45, 2.75) is 26.3 Å². The number of nitrogens with one attached hydrogen (secondary N) is 1. The van der Waals surface area contributed by atoms with E-state index in [4.69, 9.17) is 10.00 Å². The van der Waals surface area contributed by atoms with Gasteiger partial charge in [-0.2, -0.15) is 10.2 Å². The van der Waals surface area contributed by atoms with Crippen molar-refractivity contribution < 1.29 is 4.74 Å². The zero-order valence-electron chi connectivity index (χ0n) is 8.90. The van der Waals surface area contributed by atoms with E-state index in [2.05, 4.69) is 15.3 Å². The van der Waals surface area contributed by atoms with Gasteiger partial charge in [0, 0.05) is 18.3 Å². The molecule has 0 atom stereocenters. The molecule has 1 N–H and O–H groups in total. The third-order valence-electron chi connectivity index (χ3n) is 1.51. The third kappa shape index (κ3) is 4.27. The predicted molar refractivity (Wildman–Crippen MR) is 56.5 cm³/mol. The normalized spacial score (nSPS) is 9.73. The molecule has 80 valence electrons. The van der Waals surface area contributed by atoms with Gasteiger partial charge in [-0.15, -0.1) is 0 Å². The zero-order chi connectivity index (χ0) is 11.1. The molecule has 5 nitrogen and oxygen atoms in total. The van der Waals surface area contributed by atoms with Gasteiger partial charge >= 0.3 is 0 Å². The minimum atomic E-state index is 0.277. The van der Waals surface area contributed by atoms with E-state index in [1.54, 1.807) is 12.3 Å². The van der Waals surface area contributed by atoms with E-state index in [1.807, 2.05) is 19.9 Å². The molecule has 0 amide bonds. The van der Waals surface area contributed by atoms with Crippen molar-refractivity contribution in [1.29, 1.82) is 5.26 Å². The molecule has 0 saturated heterocycles. The van der Waals surface area contributed by atoms with Crippen LogP contribution < -0.4 is 10.1 Å². The molecular weight excluding hydrogens is 192 g/mol. The average molecular weight is 206 g/mol. The Kier molecular flexibility index (Phi) is 4.35. The topological polar surface area (TPSA) is 70.8 Å². The summed E-state index contributed by atoms with van der Waals surface area (Å²) in [7, 11) is 0. The second-order valence-electron chi connectivity index (χ2n) is 3.27. The van der Waals surface area contributed by atoms with E-state index in [0.29, 0.717) is 24.9 Å². The van der Waals surface area contributed by atoms with Gasteiger partial charge in [0.1, 0.15) is 6.61 Å². The summed E-state index contributed by atoms with van der Waals surface area (Å²) in [5, 5.41) is 11.4. The van der Waals surface area contributed by atoms with Gasteiger partial charge in [0.25, 0.3) is 0 Å². The van der Waals surface area contributed by atoms with Crippen LogP contribution in [-0.4, -0.2) is 22.6 Å². The predicted octanol–water partition coefficient (Wildman–Crippen LogP) is 1.59. The molecule has 0 aliphatic rings. The van der Waals surface area contributed by atoms with Crippen LogP contribution in [0.1, 0.15) is 20.3 Å². The number of hydrogen-bond donors (Lipinski definition) is 1. The highest BCUT2D eigenvalue weighted by Crippen LogP contribution is 2.09. The van der Waals surface area contributed by atoms with Gasteiger partial charge in [-0.1, -0.05) is 0 Å². The summed E-state index contributed by atoms with van der Waals surface area (Å²) in [4.78, 5) is 8.17. The van der Waals surface area contributed by atoms with Crippen LogP contribution in [0, 0.1) is 11.3 Å². The molecule has 0 aliphatic carbocycles. The van der Waals surface area contributed by atoms with Crippen molar-refractivity contribution in [2.24, 2.45) is 0 Å². The number of nitrogens with zero attached hydrogens (tertiary/aromatic N) is 3. The summed E-state index contributed by atoms with van der Waals surface area (Å²) in [6.07, 6.45) is 1.98. The van der Waals surface area contributed by atoms with Crippen molar-refractivity contribution in [2.75, 3.05) is 11.9 Å². The number of hydrogen-bond acceptors (Lipinski definition) is 5. The summed E-state index contributed by atoms with van der Waals surface area (Å²) in [5.74, 6) is 1.03. The molecule has 0 bridgehead atoms. The minimum absolute atomic E-state index is 0.277. The van der Waals surface area contributed by atoms with Crippen LogP contribution in [0.3, 0.4) is 0 Å². The number of rotatable bonds is 5. The second kappa shape index (κ2) is 5.81. The monoisotopic (exact) mass is 206 g/mol. The average Bonchev–Trinajstić information content (AvgIpc) is 2.18. The first kappa shape index (κ1) is 11.2. The Balaban J connectivity index is 2.54. The largest absolute Gasteiger partial charge is 0.476 e. The SMILES string of the molecule is CC(C)Nc1nccc(OCCC#N)n1. The van der Waals surface area contributed by atoms with Gasteiger partial charge in [-0.05, 0) is 13.8 Å². The van der Waals surface area contributed by atoms with Crippen LogP contribution in [0.4, 0.5) is 5.95 Å². The summed E-state index contributed by atoms with van der Waals surface area (Å²) < 4.78 is 5.26. The first-order chi connectivity index (χ1) is 7.22. The number of aromatic nitrogens is 2. The molecule has 1 aromatic rings. The van der Waals surface area contributed by atoms with Crippen LogP contribution in [0.2, 0.25) is 0 Å². The Labute approximate surface area is 89.1 Å². The van der Waals surface area contributed by atoms with Crippen molar-refractivity contribution in [3.05, 3.63) is 12.3 Å². The van der Waals surface area contributed by atoms with Gasteiger partial charge in [-0.3, -0.25) is 0 Å². The lowest BCUT2D eigenvalue weighted by Gasteiger charge is -2.08. The van der Waals surface area contributed by atoms with Crippen LogP contribution in [0.25, 0.3) is 0 Å². The van der Waals surface area contributed by atoms with E-state index in [0.717, 1.165) is 0 Å². The van der Waals surface area contributed by atoms with E-state index in [9.17, 15) is 0 Å². The van der Waals surface area contributed by atoms with Gasteiger partial charge in [0.2, 0.25) is 11.8 Å². The maximum Gasteiger partial charge on any atom is 0.226 e. The summed E-state index contributed by atoms with van der Waals surface area (Å²) in [5.41, 5.74) is 0. The number of ether oxygens (including phenoxy) is 1. The first-order valence-electron chi connectivity index (χ1n) is 4.81. The molecule has 0 radical (unpaired) electrons. The van der Waals surface area contributed by atoms with Gasteiger partial charge in [-0.25, -0.2) is 4.98 Å². The van der Waals surface area contributed by atoms with E-state index >= 15 is 0 Å². The van der Waals surface area contributed by atoms with E-state index < -0.39 is 0 Å². The lowest BCUT2D eigenvalue weighted by Crippen LogP contribution is -2.12. The van der Waals surface area contributed by atoms with Crippen molar-refractivity contribution in [3.63, 3.8) is 0 Å². The minimum Gasteiger partial charge on any atom is -0.476 e. The molecule has 0 unspecified atom stereocenters. The van der Waals surface area contributed by atoms with Gasteiger partial charge in [0.05, 0.1) is 12.5 Å². The molecule has 1 heterocycles. The Hall–Kier alpha value is -1.83. The lowest BCUT2D eigenvalue weighted by atomic mass is 10.4. The molecular formula is C10H14N4O. The molecule has 1 aromatic heterocycles. The summed E-state index contributed by atoms with van der Waals surface area (Å²) in [6, 6.07) is 3.95. The number of anilines is 1. The summed E-state index contributed by atoms with van der Waals surface area (Å²) in [6.45, 7) is 4.37. The third-order valence-corrected chi connectivity index (χ3v) is 1.51. The molecule has 15 heavy (non-hydrogen) atoms. The van der Waals surface area contributed by atoms with Crippen LogP contribution in [0.5, 0.6) is 5.88 Å². The standard InChI is InChI=1S/C10H14N4O/c1-8(2)13-10-12-6-4-9(14-10)15-7-3-5-11/h4,6,8H,3,7H2,1-2H3,(H,12,13,14). The summed E-state index contributed by atoms with van der Waals surface area (Å²) >= 11 is 0. The van der Waals surface area contributed by atoms with Crippen LogP contribution in [0.15, 0.2) is 12.3 Å².